The Balaban J connectivity index is 1.52. The lowest BCUT2D eigenvalue weighted by Gasteiger charge is -2.47. The molecule has 6 rings (SSSR count). The Morgan fingerprint density at radius 1 is 1.11 bits per heavy atom. The summed E-state index contributed by atoms with van der Waals surface area (Å²) in [5.74, 6) is -6.53. The molecule has 1 aromatic carbocycles. The number of carbonyl (C=O) groups excluding carboxylic acids is 4. The molecule has 2 N–H and O–H groups in total. The van der Waals surface area contributed by atoms with Crippen LogP contribution in [-0.2, 0) is 25.8 Å². The van der Waals surface area contributed by atoms with Crippen molar-refractivity contribution in [1.82, 2.24) is 5.06 Å². The first kappa shape index (κ1) is 24.0. The molecule has 3 fully saturated rings. The first-order valence-corrected chi connectivity index (χ1v) is 12.3. The Kier molecular flexibility index (Phi) is 5.24. The maximum atomic E-state index is 14.1. The van der Waals surface area contributed by atoms with Gasteiger partial charge in [0.1, 0.15) is 23.9 Å². The number of aliphatic hydroxyl groups excluding tert-OH is 1. The van der Waals surface area contributed by atoms with Gasteiger partial charge < -0.3 is 9.52 Å². The van der Waals surface area contributed by atoms with Crippen LogP contribution in [0.25, 0.3) is 0 Å². The summed E-state index contributed by atoms with van der Waals surface area (Å²) in [5, 5.41) is 19.6. The molecule has 0 bridgehead atoms. The van der Waals surface area contributed by atoms with Gasteiger partial charge in [0.05, 0.1) is 39.8 Å². The Morgan fingerprint density at radius 3 is 2.54 bits per heavy atom. The monoisotopic (exact) mass is 528 g/mol. The van der Waals surface area contributed by atoms with Crippen LogP contribution in [0, 0.1) is 34.9 Å². The number of hydrogen-bond acceptors (Lipinski definition) is 7. The maximum Gasteiger partial charge on any atom is 0.257 e. The van der Waals surface area contributed by atoms with Gasteiger partial charge in [0.15, 0.2) is 0 Å². The van der Waals surface area contributed by atoms with Crippen LogP contribution in [0.15, 0.2) is 46.4 Å². The second kappa shape index (κ2) is 8.08. The summed E-state index contributed by atoms with van der Waals surface area (Å²) in [6, 6.07) is 6.79. The number of nitrogens with zero attached hydrogens (tertiary/aromatic N) is 2. The number of fused-ring (bicyclic) bond motifs is 4. The number of rotatable bonds is 3. The molecule has 37 heavy (non-hydrogen) atoms. The molecule has 0 spiro atoms. The highest BCUT2D eigenvalue weighted by Gasteiger charge is 2.68. The minimum absolute atomic E-state index is 0.0937. The van der Waals surface area contributed by atoms with Crippen LogP contribution in [0.1, 0.15) is 37.2 Å². The molecule has 2 aliphatic heterocycles. The number of amides is 4. The van der Waals surface area contributed by atoms with Crippen molar-refractivity contribution in [1.29, 1.82) is 0 Å². The molecule has 4 aliphatic rings. The molecule has 11 heteroatoms. The lowest BCUT2D eigenvalue weighted by Crippen LogP contribution is -2.48. The molecule has 9 nitrogen and oxygen atoms in total. The number of halogens is 2. The minimum atomic E-state index is -1.34. The van der Waals surface area contributed by atoms with Crippen molar-refractivity contribution in [3.63, 3.8) is 0 Å². The summed E-state index contributed by atoms with van der Waals surface area (Å²) < 4.78 is 19.7. The van der Waals surface area contributed by atoms with E-state index in [0.717, 1.165) is 11.0 Å². The summed E-state index contributed by atoms with van der Waals surface area (Å²) in [6.07, 6.45) is 2.08. The van der Waals surface area contributed by atoms with E-state index in [9.17, 15) is 33.9 Å². The molecule has 2 saturated heterocycles. The first-order valence-electron chi connectivity index (χ1n) is 11.9. The average molecular weight is 529 g/mol. The minimum Gasteiger partial charge on any atom is -0.463 e. The van der Waals surface area contributed by atoms with Crippen LogP contribution in [0.2, 0.25) is 5.02 Å². The molecule has 3 heterocycles. The molecular formula is C26H22ClFN2O7. The van der Waals surface area contributed by atoms with Crippen LogP contribution in [0.5, 0.6) is 0 Å². The SMILES string of the molecule is CC12C(=O)N(c3ccc(F)c(Cl)c3)C(=O)C1CC1C(=CCC3C(=O)N(O)C(=O)C31)C2c1ccc(CO)o1. The van der Waals surface area contributed by atoms with Gasteiger partial charge in [-0.1, -0.05) is 23.3 Å². The van der Waals surface area contributed by atoms with Crippen LogP contribution in [0.3, 0.4) is 0 Å². The Morgan fingerprint density at radius 2 is 1.86 bits per heavy atom. The lowest BCUT2D eigenvalue weighted by molar-refractivity contribution is -0.173. The average Bonchev–Trinajstić information content (AvgIpc) is 3.49. The molecule has 1 aromatic heterocycles. The molecule has 2 aromatic rings. The van der Waals surface area contributed by atoms with Gasteiger partial charge in [0.2, 0.25) is 11.8 Å². The van der Waals surface area contributed by atoms with Crippen molar-refractivity contribution < 1.29 is 38.3 Å². The fraction of sp³-hybridized carbons (Fsp3) is 0.385. The van der Waals surface area contributed by atoms with Crippen molar-refractivity contribution in [2.24, 2.45) is 29.1 Å². The van der Waals surface area contributed by atoms with Gasteiger partial charge >= 0.3 is 0 Å². The van der Waals surface area contributed by atoms with E-state index in [2.05, 4.69) is 0 Å². The van der Waals surface area contributed by atoms with Crippen molar-refractivity contribution in [3.8, 4) is 0 Å². The fourth-order valence-corrected chi connectivity index (χ4v) is 6.98. The number of hydroxylamine groups is 2. The number of allylic oxidation sites excluding steroid dienone is 2. The first-order chi connectivity index (χ1) is 17.6. The zero-order valence-corrected chi connectivity index (χ0v) is 20.3. The number of hydrogen-bond donors (Lipinski definition) is 2. The second-order valence-electron chi connectivity index (χ2n) is 10.2. The Labute approximate surface area is 215 Å². The number of aliphatic hydroxyl groups is 1. The Bertz CT molecular complexity index is 1420. The third-order valence-corrected chi connectivity index (χ3v) is 8.83. The van der Waals surface area contributed by atoms with Gasteiger partial charge in [-0.25, -0.2) is 9.29 Å². The van der Waals surface area contributed by atoms with Gasteiger partial charge in [-0.15, -0.1) is 0 Å². The highest BCUT2D eigenvalue weighted by atomic mass is 35.5. The van der Waals surface area contributed by atoms with Crippen LogP contribution in [0.4, 0.5) is 10.1 Å². The van der Waals surface area contributed by atoms with Crippen LogP contribution >= 0.6 is 11.6 Å². The summed E-state index contributed by atoms with van der Waals surface area (Å²) in [6.45, 7) is 1.29. The van der Waals surface area contributed by atoms with Crippen LogP contribution < -0.4 is 4.90 Å². The maximum absolute atomic E-state index is 14.1. The largest absolute Gasteiger partial charge is 0.463 e. The van der Waals surface area contributed by atoms with Gasteiger partial charge in [0, 0.05) is 0 Å². The van der Waals surface area contributed by atoms with E-state index in [1.165, 1.54) is 12.1 Å². The third-order valence-electron chi connectivity index (χ3n) is 8.54. The smallest absolute Gasteiger partial charge is 0.257 e. The van der Waals surface area contributed by atoms with Crippen molar-refractivity contribution in [2.75, 3.05) is 4.90 Å². The quantitative estimate of drug-likeness (QED) is 0.355. The molecule has 2 aliphatic carbocycles. The summed E-state index contributed by atoms with van der Waals surface area (Å²) >= 11 is 5.95. The number of benzene rings is 1. The third kappa shape index (κ3) is 3.09. The number of carbonyl (C=O) groups is 4. The fourth-order valence-electron chi connectivity index (χ4n) is 6.80. The molecule has 4 amide bonds. The predicted molar refractivity (Wildman–Crippen MR) is 124 cm³/mol. The van der Waals surface area contributed by atoms with Gasteiger partial charge in [-0.05, 0) is 56.0 Å². The number of imide groups is 2. The normalized spacial score (nSPS) is 33.0. The van der Waals surface area contributed by atoms with E-state index in [0.29, 0.717) is 11.3 Å². The van der Waals surface area contributed by atoms with Crippen molar-refractivity contribution in [3.05, 3.63) is 64.3 Å². The molecule has 192 valence electrons. The number of anilines is 1. The molecule has 6 unspecified atom stereocenters. The highest BCUT2D eigenvalue weighted by Crippen LogP contribution is 2.63. The molecule has 1 saturated carbocycles. The second-order valence-corrected chi connectivity index (χ2v) is 10.6. The predicted octanol–water partition coefficient (Wildman–Crippen LogP) is 3.18. The lowest BCUT2D eigenvalue weighted by atomic mass is 9.52. The van der Waals surface area contributed by atoms with E-state index < -0.39 is 64.5 Å². The topological polar surface area (TPSA) is 128 Å². The Hall–Kier alpha value is -3.34. The van der Waals surface area contributed by atoms with E-state index >= 15 is 0 Å². The van der Waals surface area contributed by atoms with E-state index in [-0.39, 0.29) is 41.0 Å². The molecule has 0 radical (unpaired) electrons. The standard InChI is InChI=1S/C26H22ClFN2O7/c1-26-16(23(33)29(25(26)35)11-2-6-18(28)17(27)8-11)9-15-13(21(26)19-7-3-12(10-31)37-19)4-5-14-20(15)24(34)30(36)22(14)32/h2-4,6-8,14-16,20-21,31,36H,5,9-10H2,1H3. The molecular weight excluding hydrogens is 507 g/mol. The molecule has 6 atom stereocenters. The highest BCUT2D eigenvalue weighted by molar-refractivity contribution is 6.31. The van der Waals surface area contributed by atoms with Gasteiger partial charge in [-0.3, -0.25) is 24.4 Å². The number of furan rings is 1. The van der Waals surface area contributed by atoms with E-state index in [1.54, 1.807) is 25.1 Å². The summed E-state index contributed by atoms with van der Waals surface area (Å²) in [7, 11) is 0. The van der Waals surface area contributed by atoms with E-state index in [1.807, 2.05) is 0 Å². The van der Waals surface area contributed by atoms with Crippen molar-refractivity contribution >= 4 is 40.9 Å². The summed E-state index contributed by atoms with van der Waals surface area (Å²) in [4.78, 5) is 54.4. The van der Waals surface area contributed by atoms with Gasteiger partial charge in [0.25, 0.3) is 11.8 Å². The van der Waals surface area contributed by atoms with Gasteiger partial charge in [-0.2, -0.15) is 5.06 Å². The van der Waals surface area contributed by atoms with Crippen molar-refractivity contribution in [2.45, 2.75) is 32.3 Å². The summed E-state index contributed by atoms with van der Waals surface area (Å²) in [5.41, 5.74) is -0.549. The van der Waals surface area contributed by atoms with Crippen LogP contribution in [-0.4, -0.2) is 39.0 Å². The zero-order chi connectivity index (χ0) is 26.4. The van der Waals surface area contributed by atoms with E-state index in [4.69, 9.17) is 16.0 Å². The zero-order valence-electron chi connectivity index (χ0n) is 19.6.